The number of phenolic OH excluding ortho intramolecular Hbond substituents is 2. The van der Waals surface area contributed by atoms with Crippen molar-refractivity contribution < 1.29 is 29.6 Å². The van der Waals surface area contributed by atoms with E-state index in [1.54, 1.807) is 52.1 Å². The highest BCUT2D eigenvalue weighted by molar-refractivity contribution is 8.76. The molecular weight excluding hydrogens is 815 g/mol. The molecule has 9 nitrogen and oxygen atoms in total. The molecule has 4 aliphatic carbocycles. The molecule has 5 aliphatic rings. The van der Waals surface area contributed by atoms with Crippen LogP contribution in [0.5, 0.6) is 17.2 Å². The molecular formula is C51H57N3O6S2. The van der Waals surface area contributed by atoms with E-state index in [-0.39, 0.29) is 46.9 Å². The number of nitrogens with one attached hydrogen (secondary N) is 1. The molecule has 1 aromatic heterocycles. The first-order chi connectivity index (χ1) is 29.9. The number of nitrogens with two attached hydrogens (primary N) is 2. The molecule has 8 N–H and O–H groups in total. The van der Waals surface area contributed by atoms with Crippen LogP contribution in [0.15, 0.2) is 72.9 Å². The Kier molecular flexibility index (Phi) is 11.9. The summed E-state index contributed by atoms with van der Waals surface area (Å²) in [5.41, 5.74) is 18.7. The highest BCUT2D eigenvalue weighted by Gasteiger charge is 2.70. The van der Waals surface area contributed by atoms with Gasteiger partial charge in [0.05, 0.1) is 24.8 Å². The average Bonchev–Trinajstić information content (AvgIpc) is 3.78. The third-order valence-corrected chi connectivity index (χ3v) is 17.3. The fourth-order valence-corrected chi connectivity index (χ4v) is 14.7. The van der Waals surface area contributed by atoms with E-state index < -0.39 is 17.7 Å². The Balaban J connectivity index is 1.12. The Bertz CT molecular complexity index is 2490. The van der Waals surface area contributed by atoms with Crippen LogP contribution in [0.2, 0.25) is 0 Å². The number of aliphatic hydroxyl groups is 1. The molecule has 2 heterocycles. The van der Waals surface area contributed by atoms with Crippen LogP contribution in [0.3, 0.4) is 0 Å². The van der Waals surface area contributed by atoms with Gasteiger partial charge in [-0.2, -0.15) is 0 Å². The van der Waals surface area contributed by atoms with Gasteiger partial charge in [0.15, 0.2) is 23.1 Å². The minimum Gasteiger partial charge on any atom is -0.508 e. The second-order valence-corrected chi connectivity index (χ2v) is 21.1. The number of phenols is 2. The van der Waals surface area contributed by atoms with Gasteiger partial charge >= 0.3 is 0 Å². The van der Waals surface area contributed by atoms with E-state index in [0.29, 0.717) is 72.1 Å². The summed E-state index contributed by atoms with van der Waals surface area (Å²) in [6.45, 7) is 2.49. The van der Waals surface area contributed by atoms with E-state index in [4.69, 9.17) is 16.2 Å². The molecule has 6 unspecified atom stereocenters. The predicted octanol–water partition coefficient (Wildman–Crippen LogP) is 8.96. The monoisotopic (exact) mass is 871 g/mol. The smallest absolute Gasteiger partial charge is 0.165 e. The van der Waals surface area contributed by atoms with Crippen molar-refractivity contribution in [2.24, 2.45) is 34.1 Å². The lowest BCUT2D eigenvalue weighted by Crippen LogP contribution is -2.52. The van der Waals surface area contributed by atoms with Crippen LogP contribution in [0, 0.1) is 34.5 Å². The number of ether oxygens (including phenoxy) is 1. The highest BCUT2D eigenvalue weighted by atomic mass is 33.1. The lowest BCUT2D eigenvalue weighted by molar-refractivity contribution is -0.114. The number of allylic oxidation sites excluding steroid dienone is 2. The molecule has 0 radical (unpaired) electrons. The zero-order chi connectivity index (χ0) is 43.2. The first-order valence-corrected chi connectivity index (χ1v) is 24.7. The standard InChI is InChI=1S/C51H57N3O6S2/c1-2-4-42-34-13-18-51(59)29-49(42)17-14-36(55)10-7-31-9-12-45(57)47(22-31)60-20-16-32-8-11-44(56)41(21-32)40-25-46(58)37-15-19-54-43(37)6-3-5-33-23-39(48(52)53)35(24-38(33)40)27-61-62-30-50(51,26-34)28-49/h8-9,11-12,14-15,17,19,21-24,34,40,42,48,54,56-57,59H,2,4,6-7,10,13,16,18,20,25-30,52-53H2,1H3. The largest absolute Gasteiger partial charge is 0.508 e. The summed E-state index contributed by atoms with van der Waals surface area (Å²) >= 11 is 0. The van der Waals surface area contributed by atoms with Gasteiger partial charge in [-0.05, 0) is 126 Å². The molecule has 4 aromatic rings. The lowest BCUT2D eigenvalue weighted by atomic mass is 9.53. The average molecular weight is 872 g/mol. The molecule has 0 saturated heterocycles. The van der Waals surface area contributed by atoms with Crippen molar-refractivity contribution in [1.82, 2.24) is 4.98 Å². The number of rotatable bonds is 3. The molecule has 1 spiro atoms. The first-order valence-electron chi connectivity index (χ1n) is 22.2. The zero-order valence-corrected chi connectivity index (χ0v) is 37.0. The van der Waals surface area contributed by atoms with Crippen molar-refractivity contribution in [2.75, 3.05) is 12.4 Å². The number of aryl methyl sites for hydroxylation is 1. The predicted molar refractivity (Wildman–Crippen MR) is 246 cm³/mol. The van der Waals surface area contributed by atoms with Gasteiger partial charge in [0.1, 0.15) is 5.75 Å². The summed E-state index contributed by atoms with van der Waals surface area (Å²) in [5, 5.41) is 35.0. The van der Waals surface area contributed by atoms with Crippen molar-refractivity contribution in [3.63, 3.8) is 0 Å². The number of aromatic amines is 1. The van der Waals surface area contributed by atoms with Crippen molar-refractivity contribution in [3.8, 4) is 29.1 Å². The number of H-pyrrole nitrogens is 1. The van der Waals surface area contributed by atoms with E-state index >= 15 is 0 Å². The molecule has 0 amide bonds. The van der Waals surface area contributed by atoms with E-state index in [9.17, 15) is 24.9 Å². The summed E-state index contributed by atoms with van der Waals surface area (Å²) in [7, 11) is 3.53. The Labute approximate surface area is 372 Å². The molecule has 324 valence electrons. The van der Waals surface area contributed by atoms with Crippen LogP contribution in [0.25, 0.3) is 0 Å². The Morgan fingerprint density at radius 3 is 2.61 bits per heavy atom. The third kappa shape index (κ3) is 8.02. The number of hydrogen-bond donors (Lipinski definition) is 6. The maximum absolute atomic E-state index is 14.2. The van der Waals surface area contributed by atoms with Crippen LogP contribution in [0.4, 0.5) is 0 Å². The second kappa shape index (κ2) is 17.3. The van der Waals surface area contributed by atoms with Gasteiger partial charge in [0, 0.05) is 70.7 Å². The van der Waals surface area contributed by atoms with E-state index in [2.05, 4.69) is 35.9 Å². The van der Waals surface area contributed by atoms with Crippen LogP contribution >= 0.6 is 21.6 Å². The third-order valence-electron chi connectivity index (χ3n) is 14.9. The van der Waals surface area contributed by atoms with Gasteiger partial charge in [0.2, 0.25) is 0 Å². The summed E-state index contributed by atoms with van der Waals surface area (Å²) in [6.07, 6.45) is 13.3. The fourth-order valence-electron chi connectivity index (χ4n) is 11.9. The van der Waals surface area contributed by atoms with E-state index in [0.717, 1.165) is 77.8 Å². The minimum atomic E-state index is -0.806. The first kappa shape index (κ1) is 42.8. The molecule has 11 heteroatoms. The van der Waals surface area contributed by atoms with Crippen molar-refractivity contribution >= 4 is 33.2 Å². The number of hydrogen-bond acceptors (Lipinski definition) is 10. The fraction of sp³-hybridized carbons (Fsp3) is 0.451. The molecule has 62 heavy (non-hydrogen) atoms. The molecule has 3 aromatic carbocycles. The molecule has 6 atom stereocenters. The minimum absolute atomic E-state index is 0.0185. The Hall–Kier alpha value is -4.44. The number of carbonyl (C=O) groups is 2. The zero-order valence-electron chi connectivity index (χ0n) is 35.4. The number of Topliss-reactive ketones (excluding diaryl/α,β-unsaturated/α-hetero) is 1. The number of fused-ring (bicyclic) bond motifs is 8. The number of carbonyl (C=O) groups excluding carboxylic acids is 2. The van der Waals surface area contributed by atoms with Gasteiger partial charge < -0.3 is 36.5 Å². The van der Waals surface area contributed by atoms with Gasteiger partial charge in [-0.15, -0.1) is 0 Å². The van der Waals surface area contributed by atoms with E-state index in [1.165, 1.54) is 0 Å². The molecule has 9 bridgehead atoms. The van der Waals surface area contributed by atoms with Crippen LogP contribution in [0.1, 0.15) is 132 Å². The maximum Gasteiger partial charge on any atom is 0.165 e. The summed E-state index contributed by atoms with van der Waals surface area (Å²) in [6, 6.07) is 16.6. The maximum atomic E-state index is 14.2. The summed E-state index contributed by atoms with van der Waals surface area (Å²) in [4.78, 5) is 31.0. The lowest BCUT2D eigenvalue weighted by Gasteiger charge is -2.54. The number of benzene rings is 3. The van der Waals surface area contributed by atoms with Gasteiger partial charge in [-0.25, -0.2) is 0 Å². The van der Waals surface area contributed by atoms with Crippen molar-refractivity contribution in [1.29, 1.82) is 0 Å². The SMILES string of the molecule is CCCC1C2CCC3(O)CC14C=CC(=O)CCc1ccc(O)c(c1)OCCc1ccc(O)c(c1)C1CC(=O)c5cc[nH]c5CC#Cc5cc(C(N)N)c(cc51)CSSCC3(C2)C4. The van der Waals surface area contributed by atoms with Gasteiger partial charge in [-0.3, -0.25) is 9.59 Å². The van der Waals surface area contributed by atoms with Gasteiger partial charge in [-0.1, -0.05) is 77.1 Å². The second-order valence-electron chi connectivity index (χ2n) is 18.6. The van der Waals surface area contributed by atoms with Gasteiger partial charge in [0.25, 0.3) is 0 Å². The Morgan fingerprint density at radius 1 is 0.968 bits per heavy atom. The molecule has 1 aliphatic heterocycles. The normalized spacial score (nSPS) is 28.6. The quantitative estimate of drug-likeness (QED) is 0.0664. The summed E-state index contributed by atoms with van der Waals surface area (Å²) in [5.74, 6) is 8.88. The number of ketones is 2. The van der Waals surface area contributed by atoms with Crippen molar-refractivity contribution in [3.05, 3.63) is 123 Å². The van der Waals surface area contributed by atoms with Crippen LogP contribution in [-0.4, -0.2) is 49.8 Å². The molecule has 9 rings (SSSR count). The topological polar surface area (TPSA) is 172 Å². The Morgan fingerprint density at radius 2 is 1.79 bits per heavy atom. The summed E-state index contributed by atoms with van der Waals surface area (Å²) < 4.78 is 6.16. The van der Waals surface area contributed by atoms with E-state index in [1.807, 2.05) is 30.3 Å². The number of aromatic hydroxyl groups is 2. The molecule has 3 fully saturated rings. The number of aromatic nitrogens is 1. The van der Waals surface area contributed by atoms with Crippen LogP contribution < -0.4 is 16.2 Å². The highest BCUT2D eigenvalue weighted by Crippen LogP contribution is 2.73. The van der Waals surface area contributed by atoms with Crippen molar-refractivity contribution in [2.45, 2.75) is 107 Å². The molecule has 3 saturated carbocycles. The van der Waals surface area contributed by atoms with Crippen LogP contribution in [-0.2, 0) is 29.8 Å².